The minimum Gasteiger partial charge on any atom is -1.00 e. The van der Waals surface area contributed by atoms with Crippen LogP contribution in [-0.4, -0.2) is 87.5 Å². The van der Waals surface area contributed by atoms with Gasteiger partial charge < -0.3 is 66.4 Å². The van der Waals surface area contributed by atoms with Gasteiger partial charge in [0, 0.05) is 0 Å². The number of unbranched alkanes of at least 4 members (excludes halogenated alkanes) is 2. The van der Waals surface area contributed by atoms with Crippen LogP contribution in [0.25, 0.3) is 0 Å². The molecule has 2 fully saturated rings. The second-order valence-electron chi connectivity index (χ2n) is 10.4. The van der Waals surface area contributed by atoms with E-state index in [1.807, 2.05) is 0 Å². The summed E-state index contributed by atoms with van der Waals surface area (Å²) in [4.78, 5) is 24.1. The topological polar surface area (TPSA) is 52.6 Å². The molecule has 0 bridgehead atoms. The van der Waals surface area contributed by atoms with Crippen LogP contribution in [-0.2, 0) is 19.1 Å². The van der Waals surface area contributed by atoms with Crippen LogP contribution in [0.2, 0.25) is 0 Å². The molecule has 2 saturated heterocycles. The van der Waals surface area contributed by atoms with Crippen molar-refractivity contribution in [3.63, 3.8) is 0 Å². The number of carbonyl (C=O) groups excluding carboxylic acids is 2. The van der Waals surface area contributed by atoms with Crippen molar-refractivity contribution in [3.8, 4) is 0 Å². The maximum absolute atomic E-state index is 12.0. The van der Waals surface area contributed by atoms with Crippen LogP contribution < -0.4 is 48.0 Å². The number of likely N-dealkylation sites (tertiary alicyclic amines) is 2. The van der Waals surface area contributed by atoms with Crippen molar-refractivity contribution in [2.24, 2.45) is 0 Å². The Morgan fingerprint density at radius 3 is 1.24 bits per heavy atom. The average Bonchev–Trinajstić information content (AvgIpc) is 3.11. The predicted octanol–water partition coefficient (Wildman–Crippen LogP) is -1.93. The Kier molecular flexibility index (Phi) is 18.7. The van der Waals surface area contributed by atoms with E-state index in [-0.39, 0.29) is 59.9 Å². The molecule has 6 nitrogen and oxygen atoms in total. The van der Waals surface area contributed by atoms with Gasteiger partial charge in [-0.15, -0.1) is 0 Å². The first kappa shape index (κ1) is 33.3. The van der Waals surface area contributed by atoms with E-state index in [2.05, 4.69) is 14.1 Å². The molecule has 8 heteroatoms. The SMILES string of the molecule is C[N+]1(CCC(=O)OCCCCCOC(=O)CC[N+]2(C)CCCCCC2)CCCCCC1.[I-].[I-]. The molecule has 0 aliphatic carbocycles. The molecule has 2 aliphatic rings. The quantitative estimate of drug-likeness (QED) is 0.104. The fourth-order valence-corrected chi connectivity index (χ4v) is 4.97. The van der Waals surface area contributed by atoms with Gasteiger partial charge in [-0.25, -0.2) is 0 Å². The van der Waals surface area contributed by atoms with Crippen molar-refractivity contribution in [1.29, 1.82) is 0 Å². The predicted molar refractivity (Wildman–Crippen MR) is 124 cm³/mol. The number of esters is 2. The molecule has 0 aromatic carbocycles. The molecule has 0 spiro atoms. The van der Waals surface area contributed by atoms with Gasteiger partial charge in [-0.2, -0.15) is 0 Å². The Bertz CT molecular complexity index is 486. The van der Waals surface area contributed by atoms with Gasteiger partial charge in [-0.1, -0.05) is 0 Å². The fraction of sp³-hybridized carbons (Fsp3) is 0.920. The monoisotopic (exact) mass is 694 g/mol. The zero-order chi connectivity index (χ0) is 22.4. The first-order valence-electron chi connectivity index (χ1n) is 12.9. The normalized spacial score (nSPS) is 19.7. The Hall–Kier alpha value is 0.320. The summed E-state index contributed by atoms with van der Waals surface area (Å²) in [7, 11) is 4.55. The van der Waals surface area contributed by atoms with Crippen LogP contribution in [0.3, 0.4) is 0 Å². The van der Waals surface area contributed by atoms with E-state index in [0.29, 0.717) is 26.1 Å². The van der Waals surface area contributed by atoms with Crippen LogP contribution >= 0.6 is 0 Å². The third-order valence-electron chi connectivity index (χ3n) is 7.32. The summed E-state index contributed by atoms with van der Waals surface area (Å²) in [5, 5.41) is 0. The zero-order valence-electron chi connectivity index (χ0n) is 21.1. The fourth-order valence-electron chi connectivity index (χ4n) is 4.97. The summed E-state index contributed by atoms with van der Waals surface area (Å²) in [6.07, 6.45) is 14.0. The van der Waals surface area contributed by atoms with E-state index in [4.69, 9.17) is 9.47 Å². The van der Waals surface area contributed by atoms with Gasteiger partial charge in [0.15, 0.2) is 0 Å². The molecule has 0 atom stereocenters. The molecule has 2 aliphatic heterocycles. The summed E-state index contributed by atoms with van der Waals surface area (Å²) < 4.78 is 12.8. The van der Waals surface area contributed by atoms with E-state index >= 15 is 0 Å². The number of carbonyl (C=O) groups is 2. The lowest BCUT2D eigenvalue weighted by Crippen LogP contribution is -3.00. The van der Waals surface area contributed by atoms with Crippen molar-refractivity contribution in [2.45, 2.75) is 83.5 Å². The Morgan fingerprint density at radius 2 is 0.909 bits per heavy atom. The number of ether oxygens (including phenoxy) is 2. The molecule has 0 N–H and O–H groups in total. The minimum atomic E-state index is -0.0693. The van der Waals surface area contributed by atoms with E-state index in [1.54, 1.807) is 0 Å². The Morgan fingerprint density at radius 1 is 0.576 bits per heavy atom. The first-order valence-corrected chi connectivity index (χ1v) is 12.9. The molecule has 0 saturated carbocycles. The van der Waals surface area contributed by atoms with Crippen LogP contribution in [0.15, 0.2) is 0 Å². The van der Waals surface area contributed by atoms with Gasteiger partial charge in [0.1, 0.15) is 0 Å². The van der Waals surface area contributed by atoms with E-state index < -0.39 is 0 Å². The van der Waals surface area contributed by atoms with Crippen LogP contribution in [0.4, 0.5) is 0 Å². The molecular formula is C25H48I2N2O4. The highest BCUT2D eigenvalue weighted by Crippen LogP contribution is 2.17. The van der Waals surface area contributed by atoms with Crippen LogP contribution in [0.1, 0.15) is 83.5 Å². The molecule has 2 rings (SSSR count). The number of halogens is 2. The number of rotatable bonds is 12. The second-order valence-corrected chi connectivity index (χ2v) is 10.4. The van der Waals surface area contributed by atoms with E-state index in [9.17, 15) is 9.59 Å². The van der Waals surface area contributed by atoms with Crippen molar-refractivity contribution < 1.29 is 76.0 Å². The van der Waals surface area contributed by atoms with Crippen molar-refractivity contribution in [3.05, 3.63) is 0 Å². The van der Waals surface area contributed by atoms with Crippen molar-refractivity contribution >= 4 is 11.9 Å². The lowest BCUT2D eigenvalue weighted by atomic mass is 10.2. The highest BCUT2D eigenvalue weighted by atomic mass is 127. The molecule has 0 unspecified atom stereocenters. The van der Waals surface area contributed by atoms with Gasteiger partial charge in [0.25, 0.3) is 0 Å². The van der Waals surface area contributed by atoms with Crippen LogP contribution in [0, 0.1) is 0 Å². The molecule has 0 amide bonds. The smallest absolute Gasteiger partial charge is 0.311 e. The number of nitrogens with zero attached hydrogens (tertiary/aromatic N) is 2. The first-order chi connectivity index (χ1) is 14.9. The Balaban J connectivity index is 0.00000512. The second kappa shape index (κ2) is 18.6. The Labute approximate surface area is 236 Å². The summed E-state index contributed by atoms with van der Waals surface area (Å²) in [5.41, 5.74) is 0. The zero-order valence-corrected chi connectivity index (χ0v) is 25.4. The molecule has 2 heterocycles. The molecule has 33 heavy (non-hydrogen) atoms. The average molecular weight is 694 g/mol. The number of hydrogen-bond acceptors (Lipinski definition) is 4. The lowest BCUT2D eigenvalue weighted by molar-refractivity contribution is -0.908. The van der Waals surface area contributed by atoms with E-state index in [1.165, 1.54) is 77.5 Å². The standard InChI is InChI=1S/C25H48N2O4.2HI/c1-26(16-8-3-4-9-17-26)20-14-24(28)30-22-12-7-13-23-31-25(29)15-21-27(2)18-10-5-6-11-19-27;;/h3-23H2,1-2H3;2*1H/q+2;;/p-2. The summed E-state index contributed by atoms with van der Waals surface area (Å²) >= 11 is 0. The highest BCUT2D eigenvalue weighted by Gasteiger charge is 2.25. The molecular weight excluding hydrogens is 646 g/mol. The molecule has 0 radical (unpaired) electrons. The maximum Gasteiger partial charge on any atom is 0.311 e. The summed E-state index contributed by atoms with van der Waals surface area (Å²) in [6.45, 7) is 7.49. The van der Waals surface area contributed by atoms with Gasteiger partial charge in [0.05, 0.1) is 79.4 Å². The van der Waals surface area contributed by atoms with Gasteiger partial charge in [-0.05, 0) is 70.6 Å². The van der Waals surface area contributed by atoms with Gasteiger partial charge in [-0.3, -0.25) is 9.59 Å². The maximum atomic E-state index is 12.0. The van der Waals surface area contributed by atoms with Crippen LogP contribution in [0.5, 0.6) is 0 Å². The largest absolute Gasteiger partial charge is 1.00 e. The third kappa shape index (κ3) is 15.1. The third-order valence-corrected chi connectivity index (χ3v) is 7.32. The lowest BCUT2D eigenvalue weighted by Gasteiger charge is -2.33. The van der Waals surface area contributed by atoms with Crippen molar-refractivity contribution in [2.75, 3.05) is 66.6 Å². The summed E-state index contributed by atoms with van der Waals surface area (Å²) in [5.74, 6) is -0.139. The van der Waals surface area contributed by atoms with Crippen molar-refractivity contribution in [1.82, 2.24) is 0 Å². The number of hydrogen-bond donors (Lipinski definition) is 0. The minimum absolute atomic E-state index is 0. The van der Waals surface area contributed by atoms with Gasteiger partial charge >= 0.3 is 11.9 Å². The highest BCUT2D eigenvalue weighted by molar-refractivity contribution is 5.69. The van der Waals surface area contributed by atoms with E-state index in [0.717, 1.165) is 41.3 Å². The molecule has 196 valence electrons. The number of quaternary nitrogens is 2. The van der Waals surface area contributed by atoms with Gasteiger partial charge in [0.2, 0.25) is 0 Å². The molecule has 0 aromatic heterocycles. The molecule has 0 aromatic rings. The summed E-state index contributed by atoms with van der Waals surface area (Å²) in [6, 6.07) is 0.